The fraction of sp³-hybridized carbons (Fsp3) is 0.647. The molecule has 0 bridgehead atoms. The van der Waals surface area contributed by atoms with Crippen molar-refractivity contribution in [1.29, 1.82) is 0 Å². The van der Waals surface area contributed by atoms with Gasteiger partial charge in [0.25, 0.3) is 0 Å². The summed E-state index contributed by atoms with van der Waals surface area (Å²) in [7, 11) is 0. The number of nitrogens with one attached hydrogen (secondary N) is 1. The van der Waals surface area contributed by atoms with Crippen molar-refractivity contribution in [2.45, 2.75) is 51.2 Å². The summed E-state index contributed by atoms with van der Waals surface area (Å²) in [6, 6.07) is 5.23. The summed E-state index contributed by atoms with van der Waals surface area (Å²) in [5, 5.41) is 5.15. The average molecular weight is 310 g/mol. The quantitative estimate of drug-likeness (QED) is 0.879. The smallest absolute Gasteiger partial charge is 0.0453 e. The van der Waals surface area contributed by atoms with E-state index in [1.807, 2.05) is 0 Å². The first-order valence-corrected chi connectivity index (χ1v) is 9.68. The number of rotatable bonds is 4. The minimum atomic E-state index is 0.479. The zero-order valence-corrected chi connectivity index (χ0v) is 15.0. The van der Waals surface area contributed by atoms with Gasteiger partial charge in [-0.1, -0.05) is 26.0 Å². The van der Waals surface area contributed by atoms with E-state index < -0.39 is 0 Å². The molecule has 1 saturated heterocycles. The van der Waals surface area contributed by atoms with Gasteiger partial charge in [0.05, 0.1) is 0 Å². The summed E-state index contributed by atoms with van der Waals surface area (Å²) in [6.07, 6.45) is 0. The molecule has 0 radical (unpaired) electrons. The molecule has 3 heteroatoms. The zero-order chi connectivity index (χ0) is 14.7. The van der Waals surface area contributed by atoms with Crippen molar-refractivity contribution >= 4 is 23.5 Å². The lowest BCUT2D eigenvalue weighted by Crippen LogP contribution is -2.38. The molecule has 1 aliphatic rings. The third kappa shape index (κ3) is 3.55. The predicted molar refractivity (Wildman–Crippen MR) is 95.2 cm³/mol. The second-order valence-corrected chi connectivity index (χ2v) is 8.51. The monoisotopic (exact) mass is 309 g/mol. The molecule has 1 aromatic rings. The first kappa shape index (κ1) is 16.3. The van der Waals surface area contributed by atoms with E-state index in [0.717, 1.165) is 11.8 Å². The van der Waals surface area contributed by atoms with Gasteiger partial charge in [0.1, 0.15) is 0 Å². The van der Waals surface area contributed by atoms with Crippen molar-refractivity contribution in [3.63, 3.8) is 0 Å². The van der Waals surface area contributed by atoms with Crippen molar-refractivity contribution in [3.8, 4) is 0 Å². The fourth-order valence-electron chi connectivity index (χ4n) is 2.96. The van der Waals surface area contributed by atoms with Crippen LogP contribution in [0.3, 0.4) is 0 Å². The standard InChI is InChI=1S/C17H27NS2/c1-6-18-16(17-14(5)19-7-8-20-17)15-10-12(3)11(2)9-13(15)4/h9-10,14,16-18H,6-8H2,1-5H3. The lowest BCUT2D eigenvalue weighted by molar-refractivity contribution is 0.523. The molecule has 0 amide bonds. The molecule has 0 aromatic heterocycles. The Morgan fingerprint density at radius 2 is 1.75 bits per heavy atom. The van der Waals surface area contributed by atoms with Gasteiger partial charge < -0.3 is 5.32 Å². The molecule has 1 heterocycles. The molecule has 20 heavy (non-hydrogen) atoms. The van der Waals surface area contributed by atoms with Gasteiger partial charge in [0.15, 0.2) is 0 Å². The van der Waals surface area contributed by atoms with Crippen LogP contribution in [0.15, 0.2) is 12.1 Å². The van der Waals surface area contributed by atoms with E-state index in [0.29, 0.717) is 11.3 Å². The molecule has 112 valence electrons. The summed E-state index contributed by atoms with van der Waals surface area (Å²) in [5.41, 5.74) is 5.75. The Morgan fingerprint density at radius 3 is 2.40 bits per heavy atom. The SMILES string of the molecule is CCNC(c1cc(C)c(C)cc1C)C1SCCSC1C. The molecule has 1 nitrogen and oxygen atoms in total. The van der Waals surface area contributed by atoms with E-state index in [2.05, 4.69) is 75.6 Å². The van der Waals surface area contributed by atoms with Crippen LogP contribution >= 0.6 is 23.5 Å². The van der Waals surface area contributed by atoms with Gasteiger partial charge in [-0.2, -0.15) is 23.5 Å². The van der Waals surface area contributed by atoms with Gasteiger partial charge in [-0.15, -0.1) is 0 Å². The van der Waals surface area contributed by atoms with Crippen LogP contribution in [0, 0.1) is 20.8 Å². The van der Waals surface area contributed by atoms with E-state index in [1.54, 1.807) is 0 Å². The molecule has 2 rings (SSSR count). The van der Waals surface area contributed by atoms with Gasteiger partial charge >= 0.3 is 0 Å². The van der Waals surface area contributed by atoms with Crippen molar-refractivity contribution in [3.05, 3.63) is 34.4 Å². The average Bonchev–Trinajstić information content (AvgIpc) is 2.42. The summed E-state index contributed by atoms with van der Waals surface area (Å²) in [6.45, 7) is 12.3. The van der Waals surface area contributed by atoms with Crippen LogP contribution in [-0.4, -0.2) is 28.6 Å². The largest absolute Gasteiger partial charge is 0.309 e. The maximum Gasteiger partial charge on any atom is 0.0453 e. The molecule has 1 N–H and O–H groups in total. The molecule has 1 fully saturated rings. The first-order chi connectivity index (χ1) is 9.54. The Kier molecular flexibility index (Phi) is 5.88. The van der Waals surface area contributed by atoms with Crippen LogP contribution in [0.4, 0.5) is 0 Å². The van der Waals surface area contributed by atoms with E-state index in [-0.39, 0.29) is 0 Å². The number of hydrogen-bond acceptors (Lipinski definition) is 3. The molecular weight excluding hydrogens is 282 g/mol. The van der Waals surface area contributed by atoms with Crippen LogP contribution in [0.2, 0.25) is 0 Å². The zero-order valence-electron chi connectivity index (χ0n) is 13.3. The maximum absolute atomic E-state index is 3.75. The van der Waals surface area contributed by atoms with Crippen LogP contribution in [0.5, 0.6) is 0 Å². The van der Waals surface area contributed by atoms with Crippen molar-refractivity contribution in [1.82, 2.24) is 5.32 Å². The van der Waals surface area contributed by atoms with Crippen molar-refractivity contribution in [2.75, 3.05) is 18.1 Å². The maximum atomic E-state index is 3.75. The predicted octanol–water partition coefficient (Wildman–Crippen LogP) is 4.50. The van der Waals surface area contributed by atoms with Gasteiger partial charge in [0, 0.05) is 28.0 Å². The first-order valence-electron chi connectivity index (χ1n) is 7.59. The van der Waals surface area contributed by atoms with Gasteiger partial charge in [0.2, 0.25) is 0 Å². The Bertz CT molecular complexity index is 459. The number of benzene rings is 1. The lowest BCUT2D eigenvalue weighted by Gasteiger charge is -2.36. The summed E-state index contributed by atoms with van der Waals surface area (Å²) in [4.78, 5) is 0. The highest BCUT2D eigenvalue weighted by atomic mass is 32.2. The summed E-state index contributed by atoms with van der Waals surface area (Å²) < 4.78 is 0. The van der Waals surface area contributed by atoms with Crippen LogP contribution in [0.25, 0.3) is 0 Å². The minimum absolute atomic E-state index is 0.479. The van der Waals surface area contributed by atoms with E-state index in [1.165, 1.54) is 33.8 Å². The Morgan fingerprint density at radius 1 is 1.10 bits per heavy atom. The third-order valence-electron chi connectivity index (χ3n) is 4.21. The van der Waals surface area contributed by atoms with E-state index in [4.69, 9.17) is 0 Å². The topological polar surface area (TPSA) is 12.0 Å². The van der Waals surface area contributed by atoms with Crippen LogP contribution in [0.1, 0.15) is 42.1 Å². The van der Waals surface area contributed by atoms with Crippen molar-refractivity contribution < 1.29 is 0 Å². The van der Waals surface area contributed by atoms with E-state index in [9.17, 15) is 0 Å². The highest BCUT2D eigenvalue weighted by Gasteiger charge is 2.31. The highest BCUT2D eigenvalue weighted by Crippen LogP contribution is 2.39. The van der Waals surface area contributed by atoms with Crippen molar-refractivity contribution in [2.24, 2.45) is 0 Å². The third-order valence-corrected chi connectivity index (χ3v) is 7.40. The van der Waals surface area contributed by atoms with Crippen LogP contribution in [-0.2, 0) is 0 Å². The number of hydrogen-bond donors (Lipinski definition) is 1. The molecule has 3 atom stereocenters. The second-order valence-electron chi connectivity index (χ2n) is 5.74. The molecular formula is C17H27NS2. The fourth-order valence-corrected chi connectivity index (χ4v) is 5.89. The summed E-state index contributed by atoms with van der Waals surface area (Å²) >= 11 is 4.28. The van der Waals surface area contributed by atoms with Gasteiger partial charge in [-0.05, 0) is 49.6 Å². The Balaban J connectivity index is 2.34. The minimum Gasteiger partial charge on any atom is -0.309 e. The van der Waals surface area contributed by atoms with Gasteiger partial charge in [-0.3, -0.25) is 0 Å². The number of thioether (sulfide) groups is 2. The molecule has 1 aromatic carbocycles. The Labute approximate surface area is 132 Å². The molecule has 0 spiro atoms. The molecule has 3 unspecified atom stereocenters. The normalized spacial score (nSPS) is 24.6. The molecule has 0 saturated carbocycles. The molecule has 0 aliphatic carbocycles. The summed E-state index contributed by atoms with van der Waals surface area (Å²) in [5.74, 6) is 2.58. The highest BCUT2D eigenvalue weighted by molar-refractivity contribution is 8.07. The van der Waals surface area contributed by atoms with Crippen LogP contribution < -0.4 is 5.32 Å². The Hall–Kier alpha value is -0.120. The van der Waals surface area contributed by atoms with E-state index >= 15 is 0 Å². The second kappa shape index (κ2) is 7.24. The molecule has 1 aliphatic heterocycles. The van der Waals surface area contributed by atoms with Gasteiger partial charge in [-0.25, -0.2) is 0 Å². The lowest BCUT2D eigenvalue weighted by atomic mass is 9.93. The number of aryl methyl sites for hydroxylation is 3.